The van der Waals surface area contributed by atoms with Gasteiger partial charge in [0.1, 0.15) is 17.2 Å². The minimum absolute atomic E-state index is 0.0604. The van der Waals surface area contributed by atoms with E-state index in [9.17, 15) is 13.2 Å². The van der Waals surface area contributed by atoms with Crippen LogP contribution in [0.5, 0.6) is 11.5 Å². The van der Waals surface area contributed by atoms with Crippen molar-refractivity contribution in [1.29, 1.82) is 0 Å². The first kappa shape index (κ1) is 28.4. The second kappa shape index (κ2) is 11.6. The summed E-state index contributed by atoms with van der Waals surface area (Å²) < 4.78 is 44.8. The highest BCUT2D eigenvalue weighted by atomic mass is 32.2. The van der Waals surface area contributed by atoms with Gasteiger partial charge < -0.3 is 19.3 Å². The maximum atomic E-state index is 13.7. The van der Waals surface area contributed by atoms with E-state index in [1.165, 1.54) is 17.0 Å². The molecule has 2 aromatic carbocycles. The number of nitrogens with zero attached hydrogens (tertiary/aromatic N) is 2. The van der Waals surface area contributed by atoms with E-state index in [-0.39, 0.29) is 35.6 Å². The molecule has 0 radical (unpaired) electrons. The summed E-state index contributed by atoms with van der Waals surface area (Å²) in [5, 5.41) is 6.86. The Balaban J connectivity index is 1.48. The summed E-state index contributed by atoms with van der Waals surface area (Å²) in [5.74, 6) is 0.768. The monoisotopic (exact) mass is 553 g/mol. The molecule has 1 saturated heterocycles. The van der Waals surface area contributed by atoms with Gasteiger partial charge in [0.25, 0.3) is 0 Å². The van der Waals surface area contributed by atoms with E-state index >= 15 is 0 Å². The van der Waals surface area contributed by atoms with E-state index in [1.807, 2.05) is 26.8 Å². The van der Waals surface area contributed by atoms with Crippen molar-refractivity contribution in [3.63, 3.8) is 0 Å². The minimum Gasteiger partial charge on any atom is -0.497 e. The molecular formula is C29H35N3O6S. The fourth-order valence-corrected chi connectivity index (χ4v) is 6.77. The van der Waals surface area contributed by atoms with Crippen LogP contribution in [0.25, 0.3) is 12.2 Å². The third kappa shape index (κ3) is 6.02. The molecule has 0 spiro atoms. The number of carbonyl (C=O) groups is 1. The van der Waals surface area contributed by atoms with Crippen LogP contribution in [0.1, 0.15) is 46.5 Å². The molecule has 2 heterocycles. The molecule has 3 aromatic rings. The highest BCUT2D eigenvalue weighted by Gasteiger charge is 2.36. The van der Waals surface area contributed by atoms with Crippen molar-refractivity contribution in [2.45, 2.75) is 45.4 Å². The number of piperidine rings is 1. The Hall–Kier alpha value is -3.63. The molecule has 0 atom stereocenters. The quantitative estimate of drug-likeness (QED) is 0.411. The van der Waals surface area contributed by atoms with E-state index < -0.39 is 10.0 Å². The Morgan fingerprint density at radius 2 is 1.69 bits per heavy atom. The first-order valence-corrected chi connectivity index (χ1v) is 14.2. The van der Waals surface area contributed by atoms with Gasteiger partial charge in [-0.1, -0.05) is 28.9 Å². The maximum Gasteiger partial charge on any atom is 0.248 e. The molecule has 4 rings (SSSR count). The number of carbonyl (C=O) groups excluding carboxylic acids is 1. The van der Waals surface area contributed by atoms with Crippen molar-refractivity contribution in [2.75, 3.05) is 32.6 Å². The average molecular weight is 554 g/mol. The van der Waals surface area contributed by atoms with Gasteiger partial charge >= 0.3 is 0 Å². The predicted molar refractivity (Wildman–Crippen MR) is 150 cm³/mol. The van der Waals surface area contributed by atoms with Gasteiger partial charge in [-0.3, -0.25) is 4.79 Å². The molecule has 0 saturated carbocycles. The number of ether oxygens (including phenoxy) is 2. The highest BCUT2D eigenvalue weighted by Crippen LogP contribution is 2.32. The summed E-state index contributed by atoms with van der Waals surface area (Å²) in [6, 6.07) is 9.33. The number of anilines is 1. The van der Waals surface area contributed by atoms with Gasteiger partial charge in [0.2, 0.25) is 15.9 Å². The zero-order valence-corrected chi connectivity index (χ0v) is 24.0. The molecule has 1 aliphatic rings. The minimum atomic E-state index is -3.88. The van der Waals surface area contributed by atoms with Crippen LogP contribution in [0.4, 0.5) is 5.69 Å². The van der Waals surface area contributed by atoms with Gasteiger partial charge in [-0.15, -0.1) is 0 Å². The van der Waals surface area contributed by atoms with Gasteiger partial charge in [-0.25, -0.2) is 8.42 Å². The Kier molecular flexibility index (Phi) is 8.46. The summed E-state index contributed by atoms with van der Waals surface area (Å²) in [6.07, 6.45) is 4.30. The highest BCUT2D eigenvalue weighted by molar-refractivity contribution is 7.89. The molecule has 10 heteroatoms. The van der Waals surface area contributed by atoms with Crippen molar-refractivity contribution >= 4 is 33.8 Å². The van der Waals surface area contributed by atoms with Crippen molar-refractivity contribution in [2.24, 2.45) is 5.92 Å². The van der Waals surface area contributed by atoms with Gasteiger partial charge in [0, 0.05) is 25.1 Å². The second-order valence-corrected chi connectivity index (χ2v) is 11.7. The number of aryl methyl sites for hydroxylation is 4. The SMILES string of the molecule is COc1ccc(OC)c(NC(=O)C2CCN(S(=O)(=O)c3c(C)noc3/C=C/c3c(C)cc(C)cc3C)CC2)c1. The molecule has 9 nitrogen and oxygen atoms in total. The Labute approximate surface area is 229 Å². The maximum absolute atomic E-state index is 13.7. The lowest BCUT2D eigenvalue weighted by Gasteiger charge is -2.30. The molecular weight excluding hydrogens is 518 g/mol. The number of hydrogen-bond acceptors (Lipinski definition) is 7. The fourth-order valence-electron chi connectivity index (χ4n) is 5.05. The third-order valence-electron chi connectivity index (χ3n) is 7.06. The first-order chi connectivity index (χ1) is 18.5. The van der Waals surface area contributed by atoms with Gasteiger partial charge in [0.05, 0.1) is 19.9 Å². The molecule has 1 amide bonds. The van der Waals surface area contributed by atoms with Gasteiger partial charge in [-0.2, -0.15) is 4.31 Å². The van der Waals surface area contributed by atoms with E-state index in [2.05, 4.69) is 22.6 Å². The Morgan fingerprint density at radius 3 is 2.31 bits per heavy atom. The van der Waals surface area contributed by atoms with Crippen LogP contribution in [-0.4, -0.2) is 51.1 Å². The number of rotatable bonds is 8. The molecule has 1 N–H and O–H groups in total. The number of nitrogens with one attached hydrogen (secondary N) is 1. The molecule has 0 bridgehead atoms. The topological polar surface area (TPSA) is 111 Å². The van der Waals surface area contributed by atoms with Crippen LogP contribution in [0.3, 0.4) is 0 Å². The number of sulfonamides is 1. The van der Waals surface area contributed by atoms with E-state index in [0.29, 0.717) is 35.7 Å². The number of aromatic nitrogens is 1. The number of hydrogen-bond donors (Lipinski definition) is 1. The lowest BCUT2D eigenvalue weighted by Crippen LogP contribution is -2.41. The van der Waals surface area contributed by atoms with Gasteiger partial charge in [-0.05, 0) is 75.4 Å². The zero-order valence-electron chi connectivity index (χ0n) is 23.2. The first-order valence-electron chi connectivity index (χ1n) is 12.8. The molecule has 1 aromatic heterocycles. The summed E-state index contributed by atoms with van der Waals surface area (Å²) in [7, 11) is -0.805. The molecule has 208 valence electrons. The molecule has 0 unspecified atom stereocenters. The Bertz CT molecular complexity index is 1480. The summed E-state index contributed by atoms with van der Waals surface area (Å²) in [5.41, 5.74) is 5.18. The van der Waals surface area contributed by atoms with Crippen LogP contribution in [0.15, 0.2) is 39.8 Å². The fraction of sp³-hybridized carbons (Fsp3) is 0.379. The van der Waals surface area contributed by atoms with Crippen molar-refractivity contribution in [3.05, 3.63) is 64.0 Å². The summed E-state index contributed by atoms with van der Waals surface area (Å²) in [4.78, 5) is 13.1. The van der Waals surface area contributed by atoms with Crippen LogP contribution >= 0.6 is 0 Å². The molecule has 1 fully saturated rings. The number of amides is 1. The van der Waals surface area contributed by atoms with Crippen LogP contribution in [0.2, 0.25) is 0 Å². The normalized spacial score (nSPS) is 15.0. The third-order valence-corrected chi connectivity index (χ3v) is 9.12. The van der Waals surface area contributed by atoms with Crippen molar-refractivity contribution in [3.8, 4) is 11.5 Å². The average Bonchev–Trinajstić information content (AvgIpc) is 3.28. The number of benzene rings is 2. The van der Waals surface area contributed by atoms with Gasteiger partial charge in [0.15, 0.2) is 10.7 Å². The standard InChI is InChI=1S/C29H35N3O6S/c1-18-15-19(2)24(20(3)16-18)8-10-27-28(21(4)31-38-27)39(34,35)32-13-11-22(12-14-32)29(33)30-25-17-23(36-5)7-9-26(25)37-6/h7-10,15-17,22H,11-14H2,1-6H3,(H,30,33)/b10-8+. The van der Waals surface area contributed by atoms with Crippen LogP contribution < -0.4 is 14.8 Å². The lowest BCUT2D eigenvalue weighted by atomic mass is 9.97. The van der Waals surface area contributed by atoms with Crippen molar-refractivity contribution in [1.82, 2.24) is 9.46 Å². The van der Waals surface area contributed by atoms with Crippen LogP contribution in [-0.2, 0) is 14.8 Å². The Morgan fingerprint density at radius 1 is 1.03 bits per heavy atom. The van der Waals surface area contributed by atoms with E-state index in [0.717, 1.165) is 16.7 Å². The molecule has 0 aliphatic carbocycles. The van der Waals surface area contributed by atoms with Crippen molar-refractivity contribution < 1.29 is 27.2 Å². The predicted octanol–water partition coefficient (Wildman–Crippen LogP) is 5.14. The molecule has 1 aliphatic heterocycles. The van der Waals surface area contributed by atoms with E-state index in [1.54, 1.807) is 38.3 Å². The van der Waals surface area contributed by atoms with E-state index in [4.69, 9.17) is 14.0 Å². The lowest BCUT2D eigenvalue weighted by molar-refractivity contribution is -0.120. The number of methoxy groups -OCH3 is 2. The van der Waals surface area contributed by atoms with Crippen LogP contribution in [0, 0.1) is 33.6 Å². The molecule has 39 heavy (non-hydrogen) atoms. The second-order valence-electron chi connectivity index (χ2n) is 9.84. The zero-order chi connectivity index (χ0) is 28.3. The summed E-state index contributed by atoms with van der Waals surface area (Å²) in [6.45, 7) is 8.12. The summed E-state index contributed by atoms with van der Waals surface area (Å²) >= 11 is 0. The largest absolute Gasteiger partial charge is 0.497 e. The smallest absolute Gasteiger partial charge is 0.248 e.